The van der Waals surface area contributed by atoms with Gasteiger partial charge in [-0.25, -0.2) is 0 Å². The Morgan fingerprint density at radius 3 is 2.22 bits per heavy atom. The van der Waals surface area contributed by atoms with Gasteiger partial charge in [-0.1, -0.05) is 66.7 Å². The number of hydrogen-bond acceptors (Lipinski definition) is 0. The van der Waals surface area contributed by atoms with Crippen molar-refractivity contribution >= 4 is 25.3 Å². The average molecular weight is 250 g/mol. The fourth-order valence-corrected chi connectivity index (χ4v) is 2.66. The number of fused-ring (bicyclic) bond motifs is 1. The number of hydrogen-bond donors (Lipinski definition) is 0. The first-order chi connectivity index (χ1) is 8.84. The molecular formula is C17H15P. The van der Waals surface area contributed by atoms with Crippen LogP contribution < -0.4 is 5.30 Å². The summed E-state index contributed by atoms with van der Waals surface area (Å²) in [6, 6.07) is 23.6. The zero-order valence-corrected chi connectivity index (χ0v) is 11.3. The third-order valence-corrected chi connectivity index (χ3v) is 3.88. The second kappa shape index (κ2) is 4.92. The Hall–Kier alpha value is -1.65. The topological polar surface area (TPSA) is 0 Å². The van der Waals surface area contributed by atoms with Crippen LogP contribution in [0.15, 0.2) is 66.7 Å². The van der Waals surface area contributed by atoms with Gasteiger partial charge in [-0.05, 0) is 33.6 Å². The first-order valence-corrected chi connectivity index (χ1v) is 6.72. The maximum absolute atomic E-state index is 2.82. The second-order valence-electron chi connectivity index (χ2n) is 4.51. The summed E-state index contributed by atoms with van der Waals surface area (Å²) >= 11 is 0. The van der Waals surface area contributed by atoms with Crippen molar-refractivity contribution in [1.29, 1.82) is 0 Å². The van der Waals surface area contributed by atoms with Gasteiger partial charge in [0.15, 0.2) is 0 Å². The zero-order chi connectivity index (χ0) is 12.4. The average Bonchev–Trinajstić information content (AvgIpc) is 2.42. The lowest BCUT2D eigenvalue weighted by Crippen LogP contribution is -2.01. The van der Waals surface area contributed by atoms with E-state index >= 15 is 0 Å². The highest BCUT2D eigenvalue weighted by Gasteiger charge is 2.03. The predicted octanol–water partition coefficient (Wildman–Crippen LogP) is 3.93. The van der Waals surface area contributed by atoms with Gasteiger partial charge in [0, 0.05) is 0 Å². The molecule has 3 rings (SSSR count). The molecule has 88 valence electrons. The van der Waals surface area contributed by atoms with Crippen molar-refractivity contribution < 1.29 is 0 Å². The van der Waals surface area contributed by atoms with E-state index in [2.05, 4.69) is 76.0 Å². The summed E-state index contributed by atoms with van der Waals surface area (Å²) in [5.74, 6) is 0. The summed E-state index contributed by atoms with van der Waals surface area (Å²) < 4.78 is 0. The summed E-state index contributed by atoms with van der Waals surface area (Å²) in [4.78, 5) is 0. The largest absolute Gasteiger partial charge is 0.105 e. The van der Waals surface area contributed by atoms with Crippen molar-refractivity contribution in [3.05, 3.63) is 77.9 Å². The van der Waals surface area contributed by atoms with Crippen LogP contribution in [0.5, 0.6) is 0 Å². The highest BCUT2D eigenvalue weighted by atomic mass is 31.0. The molecule has 0 aliphatic rings. The molecule has 0 heterocycles. The van der Waals surface area contributed by atoms with Gasteiger partial charge >= 0.3 is 0 Å². The van der Waals surface area contributed by atoms with Gasteiger partial charge in [0.05, 0.1) is 0 Å². The van der Waals surface area contributed by atoms with Gasteiger partial charge < -0.3 is 0 Å². The Morgan fingerprint density at radius 1 is 0.667 bits per heavy atom. The van der Waals surface area contributed by atoms with Gasteiger partial charge in [-0.15, -0.1) is 9.24 Å². The monoisotopic (exact) mass is 250 g/mol. The van der Waals surface area contributed by atoms with Crippen molar-refractivity contribution in [2.45, 2.75) is 6.42 Å². The van der Waals surface area contributed by atoms with Gasteiger partial charge in [0.1, 0.15) is 0 Å². The number of rotatable bonds is 2. The van der Waals surface area contributed by atoms with Crippen molar-refractivity contribution in [2.75, 3.05) is 0 Å². The van der Waals surface area contributed by atoms with E-state index in [0.717, 1.165) is 6.42 Å². The minimum absolute atomic E-state index is 0.987. The van der Waals surface area contributed by atoms with Crippen LogP contribution in [-0.2, 0) is 6.42 Å². The molecule has 0 fully saturated rings. The van der Waals surface area contributed by atoms with Crippen LogP contribution in [0.25, 0.3) is 10.8 Å². The lowest BCUT2D eigenvalue weighted by atomic mass is 9.98. The second-order valence-corrected chi connectivity index (χ2v) is 5.14. The van der Waals surface area contributed by atoms with E-state index in [-0.39, 0.29) is 0 Å². The van der Waals surface area contributed by atoms with E-state index in [4.69, 9.17) is 0 Å². The molecule has 0 aliphatic heterocycles. The minimum Gasteiger partial charge on any atom is -0.105 e. The molecule has 18 heavy (non-hydrogen) atoms. The number of benzene rings is 3. The fraction of sp³-hybridized carbons (Fsp3) is 0.0588. The van der Waals surface area contributed by atoms with Crippen LogP contribution in [-0.4, -0.2) is 0 Å². The molecule has 0 aliphatic carbocycles. The molecule has 3 aromatic rings. The van der Waals surface area contributed by atoms with Crippen LogP contribution in [0, 0.1) is 0 Å². The Morgan fingerprint density at radius 2 is 1.33 bits per heavy atom. The molecule has 3 aromatic carbocycles. The molecule has 1 atom stereocenters. The summed E-state index contributed by atoms with van der Waals surface area (Å²) in [6.07, 6.45) is 0.987. The van der Waals surface area contributed by atoms with Crippen molar-refractivity contribution in [2.24, 2.45) is 0 Å². The van der Waals surface area contributed by atoms with Gasteiger partial charge in [-0.3, -0.25) is 0 Å². The lowest BCUT2D eigenvalue weighted by Gasteiger charge is -2.08. The lowest BCUT2D eigenvalue weighted by molar-refractivity contribution is 1.23. The highest BCUT2D eigenvalue weighted by Crippen LogP contribution is 2.21. The van der Waals surface area contributed by atoms with E-state index in [1.165, 1.54) is 27.2 Å². The predicted molar refractivity (Wildman–Crippen MR) is 82.5 cm³/mol. The summed E-state index contributed by atoms with van der Waals surface area (Å²) in [5.41, 5.74) is 2.77. The molecular weight excluding hydrogens is 235 g/mol. The summed E-state index contributed by atoms with van der Waals surface area (Å²) in [6.45, 7) is 0. The molecule has 0 radical (unpaired) electrons. The van der Waals surface area contributed by atoms with Crippen molar-refractivity contribution in [3.8, 4) is 0 Å². The minimum atomic E-state index is 0.987. The van der Waals surface area contributed by atoms with E-state index in [1.54, 1.807) is 0 Å². The third-order valence-electron chi connectivity index (χ3n) is 3.32. The molecule has 1 heteroatoms. The SMILES string of the molecule is Pc1ccccc1Cc1cccc2ccccc12. The van der Waals surface area contributed by atoms with E-state index in [0.29, 0.717) is 0 Å². The van der Waals surface area contributed by atoms with E-state index in [9.17, 15) is 0 Å². The fourth-order valence-electron chi connectivity index (χ4n) is 2.35. The van der Waals surface area contributed by atoms with Crippen LogP contribution >= 0.6 is 9.24 Å². The van der Waals surface area contributed by atoms with Gasteiger partial charge in [0.2, 0.25) is 0 Å². The molecule has 0 amide bonds. The smallest absolute Gasteiger partial charge is 0.00135 e. The van der Waals surface area contributed by atoms with E-state index < -0.39 is 0 Å². The quantitative estimate of drug-likeness (QED) is 0.604. The summed E-state index contributed by atoms with van der Waals surface area (Å²) in [5, 5.41) is 3.95. The molecule has 0 N–H and O–H groups in total. The molecule has 1 unspecified atom stereocenters. The Bertz CT molecular complexity index is 681. The van der Waals surface area contributed by atoms with Gasteiger partial charge in [-0.2, -0.15) is 0 Å². The first-order valence-electron chi connectivity index (χ1n) is 6.14. The maximum Gasteiger partial charge on any atom is -0.00135 e. The first kappa shape index (κ1) is 11.4. The zero-order valence-electron chi connectivity index (χ0n) is 10.1. The summed E-state index contributed by atoms with van der Waals surface area (Å²) in [7, 11) is 2.82. The van der Waals surface area contributed by atoms with Crippen molar-refractivity contribution in [3.63, 3.8) is 0 Å². The van der Waals surface area contributed by atoms with Crippen LogP contribution in [0.4, 0.5) is 0 Å². The normalized spacial score (nSPS) is 10.7. The third kappa shape index (κ3) is 2.17. The standard InChI is InChI=1S/C17H15P/c18-17-11-4-2-7-15(17)12-14-9-5-8-13-6-1-3-10-16(13)14/h1-11H,12,18H2. The maximum atomic E-state index is 2.82. The highest BCUT2D eigenvalue weighted by molar-refractivity contribution is 7.27. The molecule has 0 spiro atoms. The van der Waals surface area contributed by atoms with Gasteiger partial charge in [0.25, 0.3) is 0 Å². The molecule has 0 saturated carbocycles. The molecule has 0 saturated heterocycles. The Labute approximate surface area is 110 Å². The van der Waals surface area contributed by atoms with Crippen LogP contribution in [0.1, 0.15) is 11.1 Å². The molecule has 0 aromatic heterocycles. The van der Waals surface area contributed by atoms with E-state index in [1.807, 2.05) is 0 Å². The van der Waals surface area contributed by atoms with Crippen molar-refractivity contribution in [1.82, 2.24) is 0 Å². The Kier molecular flexibility index (Phi) is 3.13. The van der Waals surface area contributed by atoms with Crippen LogP contribution in [0.3, 0.4) is 0 Å². The van der Waals surface area contributed by atoms with Crippen LogP contribution in [0.2, 0.25) is 0 Å². The molecule has 0 bridgehead atoms. The molecule has 0 nitrogen and oxygen atoms in total. The Balaban J connectivity index is 2.08.